The van der Waals surface area contributed by atoms with Gasteiger partial charge in [-0.25, -0.2) is 15.0 Å². The number of carbonyl (C=O) groups is 3. The quantitative estimate of drug-likeness (QED) is 0.284. The number of methoxy groups -OCH3 is 2. The summed E-state index contributed by atoms with van der Waals surface area (Å²) in [4.78, 5) is 36.7. The van der Waals surface area contributed by atoms with Gasteiger partial charge in [-0.1, -0.05) is 0 Å². The molecule has 0 unspecified atom stereocenters. The fourth-order valence-corrected chi connectivity index (χ4v) is 3.70. The van der Waals surface area contributed by atoms with E-state index in [1.165, 1.54) is 27.4 Å². The van der Waals surface area contributed by atoms with Crippen LogP contribution in [0.3, 0.4) is 0 Å². The summed E-state index contributed by atoms with van der Waals surface area (Å²) < 4.78 is 15.4. The number of urea groups is 1. The Hall–Kier alpha value is -3.40. The molecule has 0 radical (unpaired) electrons. The number of ketones is 1. The number of hydrazone groups is 1. The first kappa shape index (κ1) is 22.9. The molecule has 0 bridgehead atoms. The van der Waals surface area contributed by atoms with Gasteiger partial charge in [0.1, 0.15) is 5.00 Å². The average Bonchev–Trinajstić information content (AvgIpc) is 3.04. The van der Waals surface area contributed by atoms with Crippen LogP contribution in [0.25, 0.3) is 0 Å². The zero-order valence-corrected chi connectivity index (χ0v) is 18.1. The predicted octanol–water partition coefficient (Wildman–Crippen LogP) is 3.61. The third-order valence-corrected chi connectivity index (χ3v) is 5.27. The van der Waals surface area contributed by atoms with E-state index in [9.17, 15) is 14.4 Å². The van der Waals surface area contributed by atoms with Crippen molar-refractivity contribution in [2.24, 2.45) is 5.10 Å². The number of esters is 1. The molecule has 0 saturated carbocycles. The Labute approximate surface area is 178 Å². The van der Waals surface area contributed by atoms with Gasteiger partial charge in [0.05, 0.1) is 37.5 Å². The van der Waals surface area contributed by atoms with Crippen LogP contribution in [-0.4, -0.2) is 44.8 Å². The fraction of sp³-hybridized carbons (Fsp3) is 0.300. The molecule has 0 spiro atoms. The summed E-state index contributed by atoms with van der Waals surface area (Å²) in [6, 6.07) is 4.48. The SMILES string of the molecule is CCOC(=O)c1c(NC(=O)NN=Cc2ccc(OC)c(OC)c2)sc(C(C)=O)c1C. The molecule has 160 valence electrons. The number of carbonyl (C=O) groups excluding carboxylic acids is 3. The topological polar surface area (TPSA) is 115 Å². The highest BCUT2D eigenvalue weighted by Gasteiger charge is 2.25. The first-order valence-corrected chi connectivity index (χ1v) is 9.77. The minimum atomic E-state index is -0.673. The molecule has 2 aromatic rings. The molecule has 1 aromatic heterocycles. The lowest BCUT2D eigenvalue weighted by atomic mass is 10.1. The van der Waals surface area contributed by atoms with Crippen LogP contribution < -0.4 is 20.2 Å². The van der Waals surface area contributed by atoms with Crippen LogP contribution in [0.1, 0.15) is 45.0 Å². The minimum absolute atomic E-state index is 0.158. The maximum absolute atomic E-state index is 12.3. The number of ether oxygens (including phenoxy) is 3. The molecule has 0 aliphatic rings. The van der Waals surface area contributed by atoms with Crippen LogP contribution >= 0.6 is 11.3 Å². The molecule has 0 atom stereocenters. The lowest BCUT2D eigenvalue weighted by molar-refractivity contribution is 0.0527. The van der Waals surface area contributed by atoms with Crippen molar-refractivity contribution in [1.82, 2.24) is 5.43 Å². The first-order valence-electron chi connectivity index (χ1n) is 8.95. The van der Waals surface area contributed by atoms with Crippen molar-refractivity contribution in [3.05, 3.63) is 39.8 Å². The Morgan fingerprint density at radius 2 is 1.87 bits per heavy atom. The van der Waals surface area contributed by atoms with Crippen molar-refractivity contribution in [3.8, 4) is 11.5 Å². The van der Waals surface area contributed by atoms with E-state index in [0.29, 0.717) is 27.5 Å². The normalized spacial score (nSPS) is 10.6. The Bertz CT molecular complexity index is 983. The smallest absolute Gasteiger partial charge is 0.341 e. The molecular weight excluding hydrogens is 410 g/mol. The Balaban J connectivity index is 2.14. The molecule has 2 rings (SSSR count). The van der Waals surface area contributed by atoms with Gasteiger partial charge in [-0.3, -0.25) is 10.1 Å². The van der Waals surface area contributed by atoms with E-state index in [-0.39, 0.29) is 23.0 Å². The number of amides is 2. The minimum Gasteiger partial charge on any atom is -0.493 e. The van der Waals surface area contributed by atoms with E-state index in [1.54, 1.807) is 32.0 Å². The number of hydrogen-bond donors (Lipinski definition) is 2. The second-order valence-electron chi connectivity index (χ2n) is 5.98. The molecule has 10 heteroatoms. The van der Waals surface area contributed by atoms with E-state index < -0.39 is 12.0 Å². The van der Waals surface area contributed by atoms with Crippen LogP contribution in [0, 0.1) is 6.92 Å². The molecule has 0 aliphatic heterocycles. The largest absolute Gasteiger partial charge is 0.493 e. The summed E-state index contributed by atoms with van der Waals surface area (Å²) in [6.45, 7) is 4.88. The molecule has 0 aliphatic carbocycles. The van der Waals surface area contributed by atoms with Crippen LogP contribution in [0.15, 0.2) is 23.3 Å². The predicted molar refractivity (Wildman–Crippen MR) is 114 cm³/mol. The van der Waals surface area contributed by atoms with Crippen molar-refractivity contribution in [1.29, 1.82) is 0 Å². The third-order valence-electron chi connectivity index (χ3n) is 3.96. The number of thiophene rings is 1. The van der Waals surface area contributed by atoms with Crippen LogP contribution in [0.5, 0.6) is 11.5 Å². The van der Waals surface area contributed by atoms with Gasteiger partial charge in [-0.05, 0) is 50.1 Å². The highest BCUT2D eigenvalue weighted by Crippen LogP contribution is 2.34. The highest BCUT2D eigenvalue weighted by molar-refractivity contribution is 7.18. The summed E-state index contributed by atoms with van der Waals surface area (Å²) in [7, 11) is 3.05. The highest BCUT2D eigenvalue weighted by atomic mass is 32.1. The first-order chi connectivity index (χ1) is 14.3. The number of hydrogen-bond acceptors (Lipinski definition) is 8. The monoisotopic (exact) mass is 433 g/mol. The lowest BCUT2D eigenvalue weighted by Gasteiger charge is -2.08. The summed E-state index contributed by atoms with van der Waals surface area (Å²) in [6.07, 6.45) is 1.43. The van der Waals surface area contributed by atoms with Crippen molar-refractivity contribution in [2.45, 2.75) is 20.8 Å². The standard InChI is InChI=1S/C20H23N3O6S/c1-6-29-19(25)16-11(2)17(12(3)24)30-18(16)22-20(26)23-21-10-13-7-8-14(27-4)15(9-13)28-5/h7-10H,6H2,1-5H3,(H2,22,23,26). The summed E-state index contributed by atoms with van der Waals surface area (Å²) in [5.74, 6) is 0.280. The molecule has 9 nitrogen and oxygen atoms in total. The van der Waals surface area contributed by atoms with Gasteiger partial charge >= 0.3 is 12.0 Å². The number of benzene rings is 1. The Kier molecular flexibility index (Phi) is 7.93. The van der Waals surface area contributed by atoms with Crippen molar-refractivity contribution in [2.75, 3.05) is 26.1 Å². The Morgan fingerprint density at radius 1 is 1.17 bits per heavy atom. The number of anilines is 1. The van der Waals surface area contributed by atoms with E-state index in [0.717, 1.165) is 11.3 Å². The van der Waals surface area contributed by atoms with Crippen molar-refractivity contribution >= 4 is 40.3 Å². The third kappa shape index (κ3) is 5.35. The summed E-state index contributed by atoms with van der Waals surface area (Å²) >= 11 is 1.01. The van der Waals surface area contributed by atoms with E-state index in [4.69, 9.17) is 14.2 Å². The number of nitrogens with one attached hydrogen (secondary N) is 2. The molecule has 0 saturated heterocycles. The molecule has 2 N–H and O–H groups in total. The van der Waals surface area contributed by atoms with Gasteiger partial charge in [0.15, 0.2) is 17.3 Å². The van der Waals surface area contributed by atoms with Crippen LogP contribution in [0.2, 0.25) is 0 Å². The van der Waals surface area contributed by atoms with E-state index >= 15 is 0 Å². The van der Waals surface area contributed by atoms with Crippen molar-refractivity contribution in [3.63, 3.8) is 0 Å². The van der Waals surface area contributed by atoms with Gasteiger partial charge in [0.2, 0.25) is 0 Å². The van der Waals surface area contributed by atoms with Crippen molar-refractivity contribution < 1.29 is 28.6 Å². The van der Waals surface area contributed by atoms with Gasteiger partial charge in [-0.2, -0.15) is 5.10 Å². The summed E-state index contributed by atoms with van der Waals surface area (Å²) in [5.41, 5.74) is 3.62. The average molecular weight is 433 g/mol. The fourth-order valence-electron chi connectivity index (χ4n) is 2.62. The number of nitrogens with zero attached hydrogens (tertiary/aromatic N) is 1. The number of Topliss-reactive ketones (excluding diaryl/α,β-unsaturated/α-hetero) is 1. The molecule has 30 heavy (non-hydrogen) atoms. The Morgan fingerprint density at radius 3 is 2.47 bits per heavy atom. The van der Waals surface area contributed by atoms with Gasteiger partial charge < -0.3 is 14.2 Å². The second-order valence-corrected chi connectivity index (χ2v) is 7.00. The summed E-state index contributed by atoms with van der Waals surface area (Å²) in [5, 5.41) is 6.65. The molecule has 1 aromatic carbocycles. The number of rotatable bonds is 8. The zero-order valence-electron chi connectivity index (χ0n) is 17.3. The van der Waals surface area contributed by atoms with E-state index in [1.807, 2.05) is 0 Å². The van der Waals surface area contributed by atoms with Crippen LogP contribution in [-0.2, 0) is 4.74 Å². The molecule has 0 fully saturated rings. The van der Waals surface area contributed by atoms with Gasteiger partial charge in [-0.15, -0.1) is 11.3 Å². The maximum Gasteiger partial charge on any atom is 0.341 e. The zero-order chi connectivity index (χ0) is 22.3. The molecule has 2 amide bonds. The second kappa shape index (κ2) is 10.4. The maximum atomic E-state index is 12.3. The lowest BCUT2D eigenvalue weighted by Crippen LogP contribution is -2.24. The molecular formula is C20H23N3O6S. The van der Waals surface area contributed by atoms with Gasteiger partial charge in [0, 0.05) is 0 Å². The van der Waals surface area contributed by atoms with E-state index in [2.05, 4.69) is 15.8 Å². The van der Waals surface area contributed by atoms with Crippen LogP contribution in [0.4, 0.5) is 9.80 Å². The van der Waals surface area contributed by atoms with Gasteiger partial charge in [0.25, 0.3) is 0 Å². The molecule has 1 heterocycles.